The molecule has 0 bridgehead atoms. The number of rotatable bonds is 7. The third-order valence-corrected chi connectivity index (χ3v) is 4.80. The van der Waals surface area contributed by atoms with Crippen LogP contribution in [0.4, 0.5) is 10.5 Å². The SMILES string of the molecule is C#CCOCc1ccc(N2C(=O)N(CC(C)C)[C@@H]3C2C=C[C@H]3OC)cc1. The third-order valence-electron chi connectivity index (χ3n) is 4.80. The van der Waals surface area contributed by atoms with E-state index in [-0.39, 0.29) is 24.2 Å². The minimum Gasteiger partial charge on any atom is -0.375 e. The Kier molecular flexibility index (Phi) is 5.65. The van der Waals surface area contributed by atoms with E-state index in [2.05, 4.69) is 31.9 Å². The van der Waals surface area contributed by atoms with Gasteiger partial charge in [-0.1, -0.05) is 44.1 Å². The highest BCUT2D eigenvalue weighted by atomic mass is 16.5. The minimum absolute atomic E-state index is 0.00487. The van der Waals surface area contributed by atoms with Gasteiger partial charge in [0.15, 0.2) is 0 Å². The zero-order chi connectivity index (χ0) is 18.7. The molecule has 2 aliphatic rings. The number of hydrogen-bond acceptors (Lipinski definition) is 3. The largest absolute Gasteiger partial charge is 0.375 e. The van der Waals surface area contributed by atoms with Gasteiger partial charge in [-0.05, 0) is 23.6 Å². The van der Waals surface area contributed by atoms with Crippen molar-refractivity contribution in [3.63, 3.8) is 0 Å². The molecule has 0 N–H and O–H groups in total. The summed E-state index contributed by atoms with van der Waals surface area (Å²) in [6.45, 7) is 5.73. The van der Waals surface area contributed by atoms with E-state index in [0.717, 1.165) is 17.8 Å². The molecule has 0 aromatic heterocycles. The van der Waals surface area contributed by atoms with E-state index >= 15 is 0 Å². The van der Waals surface area contributed by atoms with Crippen LogP contribution in [0.25, 0.3) is 0 Å². The van der Waals surface area contributed by atoms with Crippen molar-refractivity contribution < 1.29 is 14.3 Å². The van der Waals surface area contributed by atoms with Crippen molar-refractivity contribution in [2.45, 2.75) is 38.6 Å². The summed E-state index contributed by atoms with van der Waals surface area (Å²) >= 11 is 0. The Morgan fingerprint density at radius 3 is 2.58 bits per heavy atom. The van der Waals surface area contributed by atoms with Crippen molar-refractivity contribution in [2.75, 3.05) is 25.2 Å². The summed E-state index contributed by atoms with van der Waals surface area (Å²) in [5.74, 6) is 2.85. The summed E-state index contributed by atoms with van der Waals surface area (Å²) in [5, 5.41) is 0. The Bertz CT molecular complexity index is 705. The van der Waals surface area contributed by atoms with Crippen molar-refractivity contribution >= 4 is 11.7 Å². The first-order valence-electron chi connectivity index (χ1n) is 8.98. The molecule has 1 unspecified atom stereocenters. The molecule has 3 rings (SSSR count). The number of ether oxygens (including phenoxy) is 2. The number of terminal acetylenes is 1. The Morgan fingerprint density at radius 2 is 1.96 bits per heavy atom. The fourth-order valence-electron chi connectivity index (χ4n) is 3.71. The molecule has 2 amide bonds. The average molecular weight is 354 g/mol. The molecule has 3 atom stereocenters. The molecule has 1 saturated heterocycles. The molecule has 1 fully saturated rings. The lowest BCUT2D eigenvalue weighted by atomic mass is 10.1. The summed E-state index contributed by atoms with van der Waals surface area (Å²) in [6.07, 6.45) is 9.27. The molecule has 26 heavy (non-hydrogen) atoms. The van der Waals surface area contributed by atoms with Gasteiger partial charge in [0.05, 0.1) is 24.8 Å². The van der Waals surface area contributed by atoms with Crippen LogP contribution in [0.2, 0.25) is 0 Å². The summed E-state index contributed by atoms with van der Waals surface area (Å²) in [4.78, 5) is 16.9. The second-order valence-corrected chi connectivity index (χ2v) is 7.13. The Labute approximate surface area is 155 Å². The molecule has 5 nitrogen and oxygen atoms in total. The predicted molar refractivity (Wildman–Crippen MR) is 102 cm³/mol. The van der Waals surface area contributed by atoms with Crippen LogP contribution in [-0.2, 0) is 16.1 Å². The van der Waals surface area contributed by atoms with E-state index in [1.165, 1.54) is 0 Å². The summed E-state index contributed by atoms with van der Waals surface area (Å²) in [7, 11) is 1.70. The molecule has 1 aromatic rings. The van der Waals surface area contributed by atoms with Gasteiger partial charge >= 0.3 is 6.03 Å². The molecular formula is C21H26N2O3. The first kappa shape index (κ1) is 18.5. The Morgan fingerprint density at radius 1 is 1.23 bits per heavy atom. The number of fused-ring (bicyclic) bond motifs is 1. The first-order chi connectivity index (χ1) is 12.6. The second-order valence-electron chi connectivity index (χ2n) is 7.13. The molecule has 0 saturated carbocycles. The van der Waals surface area contributed by atoms with Gasteiger partial charge < -0.3 is 14.4 Å². The van der Waals surface area contributed by atoms with Gasteiger partial charge in [0.25, 0.3) is 0 Å². The van der Waals surface area contributed by atoms with Crippen LogP contribution < -0.4 is 4.90 Å². The number of methoxy groups -OCH3 is 1. The smallest absolute Gasteiger partial charge is 0.325 e. The zero-order valence-electron chi connectivity index (χ0n) is 15.6. The van der Waals surface area contributed by atoms with Crippen LogP contribution in [0.1, 0.15) is 19.4 Å². The number of carbonyl (C=O) groups is 1. The number of carbonyl (C=O) groups excluding carboxylic acids is 1. The average Bonchev–Trinajstić information content (AvgIpc) is 3.15. The number of amides is 2. The normalized spacial score (nSPS) is 24.4. The topological polar surface area (TPSA) is 42.0 Å². The van der Waals surface area contributed by atoms with Crippen LogP contribution in [-0.4, -0.2) is 49.4 Å². The number of urea groups is 1. The van der Waals surface area contributed by atoms with Crippen molar-refractivity contribution in [1.29, 1.82) is 0 Å². The van der Waals surface area contributed by atoms with Crippen molar-refractivity contribution in [1.82, 2.24) is 4.90 Å². The number of benzene rings is 1. The quantitative estimate of drug-likeness (QED) is 0.429. The monoisotopic (exact) mass is 354 g/mol. The molecule has 1 aliphatic heterocycles. The molecule has 5 heteroatoms. The fourth-order valence-corrected chi connectivity index (χ4v) is 3.71. The maximum Gasteiger partial charge on any atom is 0.325 e. The lowest BCUT2D eigenvalue weighted by molar-refractivity contribution is 0.0738. The van der Waals surface area contributed by atoms with Crippen molar-refractivity contribution in [3.8, 4) is 12.3 Å². The molecule has 1 aliphatic carbocycles. The van der Waals surface area contributed by atoms with Gasteiger partial charge in [0.2, 0.25) is 0 Å². The first-order valence-corrected chi connectivity index (χ1v) is 8.98. The maximum atomic E-state index is 13.1. The van der Waals surface area contributed by atoms with Crippen LogP contribution in [0, 0.1) is 18.3 Å². The number of hydrogen-bond donors (Lipinski definition) is 0. The minimum atomic E-state index is -0.0656. The standard InChI is InChI=1S/C21H26N2O3/c1-5-12-26-14-16-6-8-17(9-7-16)23-18-10-11-19(25-4)20(18)22(21(23)24)13-15(2)3/h1,6-11,15,18-20H,12-14H2,2-4H3/t18?,19-,20-/m1/s1. The molecular weight excluding hydrogens is 328 g/mol. The van der Waals surface area contributed by atoms with E-state index in [1.807, 2.05) is 34.1 Å². The van der Waals surface area contributed by atoms with Gasteiger partial charge in [-0.25, -0.2) is 4.79 Å². The van der Waals surface area contributed by atoms with Gasteiger partial charge in [-0.2, -0.15) is 0 Å². The zero-order valence-corrected chi connectivity index (χ0v) is 15.6. The molecule has 0 spiro atoms. The number of anilines is 1. The summed E-state index contributed by atoms with van der Waals surface area (Å²) in [6, 6.07) is 7.95. The van der Waals surface area contributed by atoms with Crippen LogP contribution in [0.3, 0.4) is 0 Å². The van der Waals surface area contributed by atoms with Crippen molar-refractivity contribution in [3.05, 3.63) is 42.0 Å². The van der Waals surface area contributed by atoms with Crippen LogP contribution in [0.15, 0.2) is 36.4 Å². The maximum absolute atomic E-state index is 13.1. The van der Waals surface area contributed by atoms with Gasteiger partial charge in [0, 0.05) is 19.3 Å². The van der Waals surface area contributed by atoms with E-state index in [4.69, 9.17) is 15.9 Å². The highest BCUT2D eigenvalue weighted by Crippen LogP contribution is 2.36. The van der Waals surface area contributed by atoms with Gasteiger partial charge in [-0.15, -0.1) is 6.42 Å². The van der Waals surface area contributed by atoms with Gasteiger partial charge in [0.1, 0.15) is 6.61 Å². The Hall–Kier alpha value is -2.29. The highest BCUT2D eigenvalue weighted by molar-refractivity contribution is 5.96. The lowest BCUT2D eigenvalue weighted by Gasteiger charge is -2.28. The molecule has 1 aromatic carbocycles. The third kappa shape index (κ3) is 3.48. The highest BCUT2D eigenvalue weighted by Gasteiger charge is 2.51. The molecule has 0 radical (unpaired) electrons. The van der Waals surface area contributed by atoms with E-state index in [0.29, 0.717) is 19.1 Å². The van der Waals surface area contributed by atoms with Crippen LogP contribution in [0.5, 0.6) is 0 Å². The summed E-state index contributed by atoms with van der Waals surface area (Å²) < 4.78 is 11.0. The molecule has 138 valence electrons. The summed E-state index contributed by atoms with van der Waals surface area (Å²) in [5.41, 5.74) is 1.92. The Balaban J connectivity index is 1.82. The lowest BCUT2D eigenvalue weighted by Crippen LogP contribution is -2.44. The van der Waals surface area contributed by atoms with E-state index in [1.54, 1.807) is 7.11 Å². The second kappa shape index (κ2) is 7.94. The predicted octanol–water partition coefficient (Wildman–Crippen LogP) is 3.06. The van der Waals surface area contributed by atoms with Crippen molar-refractivity contribution in [2.24, 2.45) is 5.92 Å². The van der Waals surface area contributed by atoms with Gasteiger partial charge in [-0.3, -0.25) is 4.90 Å². The van der Waals surface area contributed by atoms with E-state index in [9.17, 15) is 4.79 Å². The number of nitrogens with zero attached hydrogens (tertiary/aromatic N) is 2. The van der Waals surface area contributed by atoms with E-state index < -0.39 is 0 Å². The fraction of sp³-hybridized carbons (Fsp3) is 0.476. The molecule has 1 heterocycles. The van der Waals surface area contributed by atoms with Crippen LogP contribution >= 0.6 is 0 Å².